The molecule has 0 radical (unpaired) electrons. The standard InChI is InChI=1S/C25H34N4O5S2/c1-14(31)26-8-9-27-20(33)11-15-21-17(36-23(28-21)29-22(34)16-5-4-10-35-16)12-18-24(15,2)7-6-19(32)25(18,3)13-30/h4-5,10,15,18-19,30,32H,6-9,11-13H2,1-3H3,(H,26,31)(H,27,33)(H,28,29,34). The molecule has 36 heavy (non-hydrogen) atoms. The second kappa shape index (κ2) is 10.6. The van der Waals surface area contributed by atoms with Gasteiger partial charge in [-0.05, 0) is 42.0 Å². The van der Waals surface area contributed by atoms with E-state index in [1.165, 1.54) is 29.6 Å². The molecule has 11 heteroatoms. The van der Waals surface area contributed by atoms with Gasteiger partial charge in [-0.3, -0.25) is 19.7 Å². The van der Waals surface area contributed by atoms with Gasteiger partial charge in [-0.25, -0.2) is 4.98 Å². The van der Waals surface area contributed by atoms with Crippen molar-refractivity contribution in [3.05, 3.63) is 33.0 Å². The zero-order chi connectivity index (χ0) is 26.1. The van der Waals surface area contributed by atoms with Gasteiger partial charge in [0.2, 0.25) is 11.8 Å². The number of thiophene rings is 1. The number of carbonyl (C=O) groups is 3. The van der Waals surface area contributed by atoms with Crippen LogP contribution in [-0.2, 0) is 16.0 Å². The lowest BCUT2D eigenvalue weighted by Crippen LogP contribution is -2.57. The topological polar surface area (TPSA) is 141 Å². The second-order valence-corrected chi connectivity index (χ2v) is 12.4. The fourth-order valence-corrected chi connectivity index (χ4v) is 7.65. The van der Waals surface area contributed by atoms with Crippen molar-refractivity contribution >= 4 is 45.5 Å². The highest BCUT2D eigenvalue weighted by molar-refractivity contribution is 7.16. The Balaban J connectivity index is 1.63. The van der Waals surface area contributed by atoms with Gasteiger partial charge in [0.15, 0.2) is 5.13 Å². The summed E-state index contributed by atoms with van der Waals surface area (Å²) in [5.41, 5.74) is -0.273. The zero-order valence-corrected chi connectivity index (χ0v) is 22.4. The molecule has 2 heterocycles. The average Bonchev–Trinajstić information content (AvgIpc) is 3.51. The Morgan fingerprint density at radius 1 is 1.22 bits per heavy atom. The summed E-state index contributed by atoms with van der Waals surface area (Å²) >= 11 is 2.76. The number of carbonyl (C=O) groups excluding carboxylic acids is 3. The van der Waals surface area contributed by atoms with Gasteiger partial charge in [0.05, 0.1) is 23.3 Å². The smallest absolute Gasteiger partial charge is 0.267 e. The lowest BCUT2D eigenvalue weighted by atomic mass is 9.47. The molecule has 0 aliphatic heterocycles. The maximum atomic E-state index is 13.0. The number of amides is 3. The highest BCUT2D eigenvalue weighted by Gasteiger charge is 2.59. The number of anilines is 1. The molecule has 2 aromatic rings. The Bertz CT molecular complexity index is 1120. The quantitative estimate of drug-likeness (QED) is 0.330. The highest BCUT2D eigenvalue weighted by Crippen LogP contribution is 2.62. The molecule has 0 saturated heterocycles. The van der Waals surface area contributed by atoms with Crippen LogP contribution in [0, 0.1) is 16.7 Å². The molecule has 196 valence electrons. The molecule has 0 aromatic carbocycles. The van der Waals surface area contributed by atoms with E-state index in [1.54, 1.807) is 6.07 Å². The predicted molar refractivity (Wildman–Crippen MR) is 139 cm³/mol. The van der Waals surface area contributed by atoms with Crippen molar-refractivity contribution in [1.82, 2.24) is 15.6 Å². The second-order valence-electron chi connectivity index (χ2n) is 10.3. The molecule has 4 rings (SSSR count). The van der Waals surface area contributed by atoms with Crippen LogP contribution in [0.1, 0.15) is 66.2 Å². The molecule has 0 bridgehead atoms. The first-order valence-corrected chi connectivity index (χ1v) is 13.9. The summed E-state index contributed by atoms with van der Waals surface area (Å²) in [6.07, 6.45) is 1.41. The molecule has 3 amide bonds. The molecule has 5 atom stereocenters. The van der Waals surface area contributed by atoms with E-state index >= 15 is 0 Å². The van der Waals surface area contributed by atoms with Crippen molar-refractivity contribution in [3.63, 3.8) is 0 Å². The van der Waals surface area contributed by atoms with Crippen LogP contribution >= 0.6 is 22.7 Å². The summed E-state index contributed by atoms with van der Waals surface area (Å²) in [7, 11) is 0. The minimum absolute atomic E-state index is 0.0651. The van der Waals surface area contributed by atoms with Crippen LogP contribution in [0.15, 0.2) is 17.5 Å². The summed E-state index contributed by atoms with van der Waals surface area (Å²) in [4.78, 5) is 43.1. The van der Waals surface area contributed by atoms with Gasteiger partial charge in [-0.2, -0.15) is 0 Å². The molecule has 5 N–H and O–H groups in total. The van der Waals surface area contributed by atoms with Crippen LogP contribution < -0.4 is 16.0 Å². The number of thiazole rings is 1. The molecule has 0 spiro atoms. The number of aliphatic hydroxyl groups is 2. The van der Waals surface area contributed by atoms with E-state index in [0.717, 1.165) is 10.6 Å². The van der Waals surface area contributed by atoms with Crippen molar-refractivity contribution in [1.29, 1.82) is 0 Å². The number of hydrogen-bond donors (Lipinski definition) is 5. The van der Waals surface area contributed by atoms with E-state index < -0.39 is 11.5 Å². The van der Waals surface area contributed by atoms with Crippen LogP contribution in [0.3, 0.4) is 0 Å². The minimum atomic E-state index is -0.713. The first-order valence-electron chi connectivity index (χ1n) is 12.2. The lowest BCUT2D eigenvalue weighted by molar-refractivity contribution is -0.144. The average molecular weight is 535 g/mol. The molecule has 9 nitrogen and oxygen atoms in total. The van der Waals surface area contributed by atoms with Gasteiger partial charge >= 0.3 is 0 Å². The van der Waals surface area contributed by atoms with E-state index in [9.17, 15) is 24.6 Å². The van der Waals surface area contributed by atoms with E-state index in [1.807, 2.05) is 18.4 Å². The molecular formula is C25H34N4O5S2. The zero-order valence-electron chi connectivity index (χ0n) is 20.8. The number of nitrogens with zero attached hydrogens (tertiary/aromatic N) is 1. The summed E-state index contributed by atoms with van der Waals surface area (Å²) in [6.45, 7) is 6.01. The van der Waals surface area contributed by atoms with Gasteiger partial charge < -0.3 is 20.8 Å². The summed E-state index contributed by atoms with van der Waals surface area (Å²) in [5, 5.41) is 32.0. The third-order valence-corrected chi connectivity index (χ3v) is 9.95. The van der Waals surface area contributed by atoms with Crippen molar-refractivity contribution in [2.45, 2.75) is 58.5 Å². The fraction of sp³-hybridized carbons (Fsp3) is 0.600. The Morgan fingerprint density at radius 2 is 1.97 bits per heavy atom. The Hall–Kier alpha value is -2.34. The maximum Gasteiger partial charge on any atom is 0.267 e. The fourth-order valence-electron chi connectivity index (χ4n) is 5.96. The summed E-state index contributed by atoms with van der Waals surface area (Å²) < 4.78 is 0. The monoisotopic (exact) mass is 534 g/mol. The van der Waals surface area contributed by atoms with E-state index in [-0.39, 0.29) is 48.0 Å². The van der Waals surface area contributed by atoms with E-state index in [0.29, 0.717) is 42.4 Å². The molecule has 2 aliphatic rings. The number of hydrogen-bond acceptors (Lipinski definition) is 8. The maximum absolute atomic E-state index is 13.0. The molecule has 1 fully saturated rings. The van der Waals surface area contributed by atoms with Crippen LogP contribution in [0.5, 0.6) is 0 Å². The summed E-state index contributed by atoms with van der Waals surface area (Å²) in [6, 6.07) is 3.57. The number of fused-ring (bicyclic) bond motifs is 2. The lowest BCUT2D eigenvalue weighted by Gasteiger charge is -2.58. The normalized spacial score (nSPS) is 29.1. The largest absolute Gasteiger partial charge is 0.396 e. The first-order chi connectivity index (χ1) is 17.1. The molecular weight excluding hydrogens is 500 g/mol. The Kier molecular flexibility index (Phi) is 7.84. The Labute approximate surface area is 218 Å². The summed E-state index contributed by atoms with van der Waals surface area (Å²) in [5.74, 6) is -0.825. The van der Waals surface area contributed by atoms with E-state index in [4.69, 9.17) is 4.98 Å². The van der Waals surface area contributed by atoms with Crippen LogP contribution in [0.25, 0.3) is 0 Å². The third kappa shape index (κ3) is 5.06. The first kappa shape index (κ1) is 26.7. The number of aliphatic hydroxyl groups excluding tert-OH is 2. The van der Waals surface area contributed by atoms with Crippen molar-refractivity contribution in [2.24, 2.45) is 16.7 Å². The number of aromatic nitrogens is 1. The predicted octanol–water partition coefficient (Wildman–Crippen LogP) is 2.51. The van der Waals surface area contributed by atoms with E-state index in [2.05, 4.69) is 22.9 Å². The van der Waals surface area contributed by atoms with Crippen molar-refractivity contribution in [3.8, 4) is 0 Å². The third-order valence-electron chi connectivity index (χ3n) is 8.07. The minimum Gasteiger partial charge on any atom is -0.396 e. The molecule has 1 saturated carbocycles. The van der Waals surface area contributed by atoms with Crippen LogP contribution in [0.2, 0.25) is 0 Å². The van der Waals surface area contributed by atoms with Crippen LogP contribution in [-0.4, -0.2) is 58.7 Å². The van der Waals surface area contributed by atoms with Crippen molar-refractivity contribution in [2.75, 3.05) is 25.0 Å². The van der Waals surface area contributed by atoms with Gasteiger partial charge in [-0.1, -0.05) is 19.9 Å². The SMILES string of the molecule is CC(=O)NCCNC(=O)CC1c2nc(NC(=O)c3cccs3)sc2CC2C(C)(CO)C(O)CCC12C. The van der Waals surface area contributed by atoms with Gasteiger partial charge in [0.1, 0.15) is 0 Å². The van der Waals surface area contributed by atoms with Gasteiger partial charge in [0, 0.05) is 42.6 Å². The number of nitrogens with one attached hydrogen (secondary N) is 3. The number of rotatable bonds is 8. The highest BCUT2D eigenvalue weighted by atomic mass is 32.1. The molecule has 2 aliphatic carbocycles. The Morgan fingerprint density at radius 3 is 2.64 bits per heavy atom. The van der Waals surface area contributed by atoms with Gasteiger partial charge in [-0.15, -0.1) is 22.7 Å². The van der Waals surface area contributed by atoms with Crippen LogP contribution in [0.4, 0.5) is 5.13 Å². The molecule has 5 unspecified atom stereocenters. The van der Waals surface area contributed by atoms with Gasteiger partial charge in [0.25, 0.3) is 5.91 Å². The molecule has 2 aromatic heterocycles. The van der Waals surface area contributed by atoms with Crippen molar-refractivity contribution < 1.29 is 24.6 Å².